The fourth-order valence-corrected chi connectivity index (χ4v) is 1.81. The standard InChI is InChI=1S/C11H14FN/c1-9-6-13(7-9)8-10-2-4-11(12)5-3-10/h2-5,9H,6-8H2,1H3. The van der Waals surface area contributed by atoms with Crippen LogP contribution < -0.4 is 0 Å². The molecule has 0 N–H and O–H groups in total. The molecule has 70 valence electrons. The van der Waals surface area contributed by atoms with E-state index in [1.807, 2.05) is 12.1 Å². The molecule has 0 unspecified atom stereocenters. The largest absolute Gasteiger partial charge is 0.298 e. The van der Waals surface area contributed by atoms with Crippen molar-refractivity contribution in [3.63, 3.8) is 0 Å². The van der Waals surface area contributed by atoms with E-state index in [4.69, 9.17) is 0 Å². The number of likely N-dealkylation sites (tertiary alicyclic amines) is 1. The average molecular weight is 179 g/mol. The molecule has 13 heavy (non-hydrogen) atoms. The van der Waals surface area contributed by atoms with Gasteiger partial charge in [0.25, 0.3) is 0 Å². The lowest BCUT2D eigenvalue weighted by Crippen LogP contribution is -2.44. The maximum Gasteiger partial charge on any atom is 0.123 e. The molecule has 2 heteroatoms. The molecule has 1 saturated heterocycles. The van der Waals surface area contributed by atoms with Crippen LogP contribution in [0.15, 0.2) is 24.3 Å². The van der Waals surface area contributed by atoms with Crippen molar-refractivity contribution < 1.29 is 4.39 Å². The lowest BCUT2D eigenvalue weighted by molar-refractivity contribution is 0.105. The van der Waals surface area contributed by atoms with Crippen molar-refractivity contribution >= 4 is 0 Å². The van der Waals surface area contributed by atoms with E-state index in [1.54, 1.807) is 0 Å². The van der Waals surface area contributed by atoms with E-state index < -0.39 is 0 Å². The molecular formula is C11H14FN. The Labute approximate surface area is 78.2 Å². The molecule has 0 radical (unpaired) electrons. The normalized spacial score (nSPS) is 18.6. The fraction of sp³-hybridized carbons (Fsp3) is 0.455. The van der Waals surface area contributed by atoms with E-state index in [0.717, 1.165) is 12.5 Å². The van der Waals surface area contributed by atoms with Crippen LogP contribution in [0.25, 0.3) is 0 Å². The number of benzene rings is 1. The molecule has 1 fully saturated rings. The van der Waals surface area contributed by atoms with Crippen LogP contribution >= 0.6 is 0 Å². The zero-order valence-electron chi connectivity index (χ0n) is 7.83. The van der Waals surface area contributed by atoms with E-state index in [0.29, 0.717) is 0 Å². The first-order valence-corrected chi connectivity index (χ1v) is 4.71. The second-order valence-electron chi connectivity index (χ2n) is 3.93. The van der Waals surface area contributed by atoms with Gasteiger partial charge < -0.3 is 0 Å². The lowest BCUT2D eigenvalue weighted by Gasteiger charge is -2.37. The zero-order chi connectivity index (χ0) is 9.26. The van der Waals surface area contributed by atoms with Gasteiger partial charge in [-0.05, 0) is 23.6 Å². The molecule has 1 nitrogen and oxygen atoms in total. The first-order chi connectivity index (χ1) is 6.24. The highest BCUT2D eigenvalue weighted by atomic mass is 19.1. The highest BCUT2D eigenvalue weighted by Crippen LogP contribution is 2.17. The second kappa shape index (κ2) is 3.46. The summed E-state index contributed by atoms with van der Waals surface area (Å²) in [4.78, 5) is 2.37. The van der Waals surface area contributed by atoms with Crippen molar-refractivity contribution in [2.24, 2.45) is 5.92 Å². The van der Waals surface area contributed by atoms with Gasteiger partial charge in [-0.1, -0.05) is 19.1 Å². The highest BCUT2D eigenvalue weighted by Gasteiger charge is 2.21. The van der Waals surface area contributed by atoms with Gasteiger partial charge in [0.2, 0.25) is 0 Å². The second-order valence-corrected chi connectivity index (χ2v) is 3.93. The minimum absolute atomic E-state index is 0.152. The molecule has 1 aromatic rings. The number of hydrogen-bond donors (Lipinski definition) is 0. The van der Waals surface area contributed by atoms with Crippen molar-refractivity contribution in [2.75, 3.05) is 13.1 Å². The van der Waals surface area contributed by atoms with Crippen LogP contribution in [-0.4, -0.2) is 18.0 Å². The van der Waals surface area contributed by atoms with Crippen LogP contribution in [0.4, 0.5) is 4.39 Å². The Morgan fingerprint density at radius 3 is 2.46 bits per heavy atom. The molecule has 1 aliphatic heterocycles. The van der Waals surface area contributed by atoms with Crippen molar-refractivity contribution in [3.8, 4) is 0 Å². The van der Waals surface area contributed by atoms with Gasteiger partial charge in [-0.25, -0.2) is 4.39 Å². The third-order valence-corrected chi connectivity index (χ3v) is 2.46. The summed E-state index contributed by atoms with van der Waals surface area (Å²) in [5.74, 6) is 0.682. The minimum atomic E-state index is -0.152. The average Bonchev–Trinajstić information content (AvgIpc) is 2.06. The predicted molar refractivity (Wildman–Crippen MR) is 50.8 cm³/mol. The van der Waals surface area contributed by atoms with E-state index in [-0.39, 0.29) is 5.82 Å². The molecule has 1 aliphatic rings. The predicted octanol–water partition coefficient (Wildman–Crippen LogP) is 2.28. The van der Waals surface area contributed by atoms with Gasteiger partial charge >= 0.3 is 0 Å². The molecule has 0 amide bonds. The monoisotopic (exact) mass is 179 g/mol. The van der Waals surface area contributed by atoms with E-state index in [1.165, 1.54) is 30.8 Å². The molecular weight excluding hydrogens is 165 g/mol. The van der Waals surface area contributed by atoms with Crippen molar-refractivity contribution in [2.45, 2.75) is 13.5 Å². The first kappa shape index (κ1) is 8.70. The lowest BCUT2D eigenvalue weighted by atomic mass is 10.0. The Balaban J connectivity index is 1.91. The number of hydrogen-bond acceptors (Lipinski definition) is 1. The van der Waals surface area contributed by atoms with E-state index in [9.17, 15) is 4.39 Å². The fourth-order valence-electron chi connectivity index (χ4n) is 1.81. The summed E-state index contributed by atoms with van der Waals surface area (Å²) in [6.45, 7) is 5.57. The van der Waals surface area contributed by atoms with Crippen LogP contribution in [-0.2, 0) is 6.54 Å². The Morgan fingerprint density at radius 1 is 1.31 bits per heavy atom. The van der Waals surface area contributed by atoms with Crippen LogP contribution in [0.5, 0.6) is 0 Å². The SMILES string of the molecule is CC1CN(Cc2ccc(F)cc2)C1. The maximum atomic E-state index is 12.6. The van der Waals surface area contributed by atoms with Gasteiger partial charge in [0.05, 0.1) is 0 Å². The van der Waals surface area contributed by atoms with Gasteiger partial charge in [-0.2, -0.15) is 0 Å². The Morgan fingerprint density at radius 2 is 1.92 bits per heavy atom. The van der Waals surface area contributed by atoms with Crippen LogP contribution in [0.1, 0.15) is 12.5 Å². The van der Waals surface area contributed by atoms with Crippen LogP contribution in [0, 0.1) is 11.7 Å². The Kier molecular flexibility index (Phi) is 2.32. The maximum absolute atomic E-state index is 12.6. The van der Waals surface area contributed by atoms with Crippen molar-refractivity contribution in [1.82, 2.24) is 4.90 Å². The zero-order valence-corrected chi connectivity index (χ0v) is 7.83. The van der Waals surface area contributed by atoms with Gasteiger partial charge in [0.15, 0.2) is 0 Å². The summed E-state index contributed by atoms with van der Waals surface area (Å²) in [7, 11) is 0. The first-order valence-electron chi connectivity index (χ1n) is 4.71. The van der Waals surface area contributed by atoms with Gasteiger partial charge in [-0.3, -0.25) is 4.90 Å². The summed E-state index contributed by atoms with van der Waals surface area (Å²) in [5, 5.41) is 0. The quantitative estimate of drug-likeness (QED) is 0.673. The molecule has 2 rings (SSSR count). The third kappa shape index (κ3) is 2.07. The van der Waals surface area contributed by atoms with Crippen LogP contribution in [0.3, 0.4) is 0 Å². The molecule has 0 saturated carbocycles. The number of nitrogens with zero attached hydrogens (tertiary/aromatic N) is 1. The molecule has 1 aromatic carbocycles. The summed E-state index contributed by atoms with van der Waals surface area (Å²) < 4.78 is 12.6. The third-order valence-electron chi connectivity index (χ3n) is 2.46. The Bertz CT molecular complexity index is 275. The van der Waals surface area contributed by atoms with Crippen molar-refractivity contribution in [3.05, 3.63) is 35.6 Å². The number of halogens is 1. The van der Waals surface area contributed by atoms with Gasteiger partial charge in [0, 0.05) is 19.6 Å². The molecule has 0 aliphatic carbocycles. The van der Waals surface area contributed by atoms with Gasteiger partial charge in [0.1, 0.15) is 5.82 Å². The molecule has 0 aromatic heterocycles. The molecule has 0 bridgehead atoms. The Hall–Kier alpha value is -0.890. The van der Waals surface area contributed by atoms with E-state index >= 15 is 0 Å². The molecule has 1 heterocycles. The summed E-state index contributed by atoms with van der Waals surface area (Å²) in [5.41, 5.74) is 1.20. The van der Waals surface area contributed by atoms with E-state index in [2.05, 4.69) is 11.8 Å². The minimum Gasteiger partial charge on any atom is -0.298 e. The van der Waals surface area contributed by atoms with Crippen LogP contribution in [0.2, 0.25) is 0 Å². The molecule has 0 spiro atoms. The topological polar surface area (TPSA) is 3.24 Å². The van der Waals surface area contributed by atoms with Crippen molar-refractivity contribution in [1.29, 1.82) is 0 Å². The summed E-state index contributed by atoms with van der Waals surface area (Å²) >= 11 is 0. The summed E-state index contributed by atoms with van der Waals surface area (Å²) in [6, 6.07) is 6.77. The number of rotatable bonds is 2. The van der Waals surface area contributed by atoms with Gasteiger partial charge in [-0.15, -0.1) is 0 Å². The highest BCUT2D eigenvalue weighted by molar-refractivity contribution is 5.16. The smallest absolute Gasteiger partial charge is 0.123 e. The summed E-state index contributed by atoms with van der Waals surface area (Å²) in [6.07, 6.45) is 0. The molecule has 0 atom stereocenters.